The molecule has 4 N–H and O–H groups in total. The lowest BCUT2D eigenvalue weighted by molar-refractivity contribution is -0.404. The minimum Gasteiger partial charge on any atom is -0.481 e. The summed E-state index contributed by atoms with van der Waals surface area (Å²) in [6, 6.07) is 0. The van der Waals surface area contributed by atoms with Crippen molar-refractivity contribution < 1.29 is 30.0 Å². The fraction of sp³-hybridized carbons (Fsp3) is 0.900. The van der Waals surface area contributed by atoms with Crippen molar-refractivity contribution in [2.24, 2.45) is 50.2 Å². The monoisotopic (exact) mass is 502 g/mol. The first-order valence-electron chi connectivity index (χ1n) is 14.3. The van der Waals surface area contributed by atoms with Crippen molar-refractivity contribution in [2.75, 3.05) is 13.2 Å². The summed E-state index contributed by atoms with van der Waals surface area (Å²) in [7, 11) is 0. The third-order valence-corrected chi connectivity index (χ3v) is 13.6. The van der Waals surface area contributed by atoms with E-state index in [-0.39, 0.29) is 40.1 Å². The second-order valence-corrected chi connectivity index (χ2v) is 15.2. The summed E-state index contributed by atoms with van der Waals surface area (Å²) in [6.45, 7) is 11.7. The third kappa shape index (κ3) is 2.61. The van der Waals surface area contributed by atoms with Crippen LogP contribution in [0.3, 0.4) is 0 Å². The zero-order valence-corrected chi connectivity index (χ0v) is 22.8. The van der Waals surface area contributed by atoms with E-state index in [0.29, 0.717) is 31.8 Å². The van der Waals surface area contributed by atoms with Gasteiger partial charge in [0, 0.05) is 17.3 Å². The average molecular weight is 503 g/mol. The molecule has 1 spiro atoms. The van der Waals surface area contributed by atoms with Crippen LogP contribution in [0.5, 0.6) is 0 Å². The first-order valence-corrected chi connectivity index (χ1v) is 14.3. The molecule has 0 aromatic carbocycles. The molecule has 2 heterocycles. The molecule has 2 aliphatic heterocycles. The van der Waals surface area contributed by atoms with E-state index in [1.807, 2.05) is 6.92 Å². The predicted molar refractivity (Wildman–Crippen MR) is 135 cm³/mol. The standard InChI is InChI=1S/C30H46O6/c1-24(2)14-19-18-6-7-20-26(4,25(18,3)10-12-29(19,23(33)34)22(32)15-24)9-8-21-27(5,16-31)30(35)13-11-28(20,21)17-36-30/h6,19-22,31-32,35H,7-17H2,1-5H3,(H,33,34). The predicted octanol–water partition coefficient (Wildman–Crippen LogP) is 4.51. The summed E-state index contributed by atoms with van der Waals surface area (Å²) in [5.41, 5.74) is -0.852. The number of ether oxygens (including phenoxy) is 1. The van der Waals surface area contributed by atoms with Gasteiger partial charge in [0.05, 0.1) is 19.3 Å². The van der Waals surface area contributed by atoms with Gasteiger partial charge in [0.15, 0.2) is 5.79 Å². The van der Waals surface area contributed by atoms with E-state index in [2.05, 4.69) is 33.8 Å². The number of hydrogen-bond donors (Lipinski definition) is 4. The fourth-order valence-electron chi connectivity index (χ4n) is 11.3. The van der Waals surface area contributed by atoms with Gasteiger partial charge in [-0.05, 0) is 85.4 Å². The molecule has 0 aromatic heterocycles. The molecule has 7 aliphatic rings. The molecule has 36 heavy (non-hydrogen) atoms. The first-order chi connectivity index (χ1) is 16.7. The molecule has 6 heteroatoms. The van der Waals surface area contributed by atoms with Crippen molar-refractivity contribution in [1.82, 2.24) is 0 Å². The van der Waals surface area contributed by atoms with Crippen molar-refractivity contribution in [3.8, 4) is 0 Å². The van der Waals surface area contributed by atoms with Crippen LogP contribution in [0.25, 0.3) is 0 Å². The highest BCUT2D eigenvalue weighted by Crippen LogP contribution is 2.77. The molecule has 6 nitrogen and oxygen atoms in total. The molecule has 0 aromatic rings. The van der Waals surface area contributed by atoms with Gasteiger partial charge >= 0.3 is 5.97 Å². The van der Waals surface area contributed by atoms with Crippen LogP contribution < -0.4 is 0 Å². The summed E-state index contributed by atoms with van der Waals surface area (Å²) in [5.74, 6) is -1.68. The van der Waals surface area contributed by atoms with Crippen LogP contribution in [-0.4, -0.2) is 51.5 Å². The van der Waals surface area contributed by atoms with Gasteiger partial charge in [-0.2, -0.15) is 0 Å². The molecule has 10 unspecified atom stereocenters. The molecule has 4 saturated carbocycles. The van der Waals surface area contributed by atoms with Crippen molar-refractivity contribution in [2.45, 2.75) is 104 Å². The maximum absolute atomic E-state index is 12.8. The van der Waals surface area contributed by atoms with Crippen LogP contribution >= 0.6 is 0 Å². The van der Waals surface area contributed by atoms with E-state index in [0.717, 1.165) is 38.5 Å². The van der Waals surface area contributed by atoms with Gasteiger partial charge in [-0.15, -0.1) is 0 Å². The van der Waals surface area contributed by atoms with E-state index in [4.69, 9.17) is 4.74 Å². The lowest BCUT2D eigenvalue weighted by atomic mass is 9.32. The molecule has 2 bridgehead atoms. The Labute approximate surface area is 215 Å². The number of fused-ring (bicyclic) bond motifs is 7. The number of aliphatic hydroxyl groups is 3. The van der Waals surface area contributed by atoms with Crippen LogP contribution in [0.2, 0.25) is 0 Å². The molecule has 6 fully saturated rings. The van der Waals surface area contributed by atoms with Gasteiger partial charge in [-0.1, -0.05) is 46.3 Å². The minimum atomic E-state index is -1.25. The first kappa shape index (κ1) is 25.3. The van der Waals surface area contributed by atoms with E-state index in [9.17, 15) is 25.2 Å². The van der Waals surface area contributed by atoms with Crippen LogP contribution in [0.4, 0.5) is 0 Å². The Morgan fingerprint density at radius 2 is 1.75 bits per heavy atom. The molecule has 0 radical (unpaired) electrons. The number of carboxylic acids is 1. The summed E-state index contributed by atoms with van der Waals surface area (Å²) in [4.78, 5) is 12.8. The van der Waals surface area contributed by atoms with Crippen molar-refractivity contribution >= 4 is 5.97 Å². The maximum Gasteiger partial charge on any atom is 0.312 e. The van der Waals surface area contributed by atoms with Crippen LogP contribution in [0, 0.1) is 50.2 Å². The van der Waals surface area contributed by atoms with Gasteiger partial charge in [-0.25, -0.2) is 0 Å². The van der Waals surface area contributed by atoms with Gasteiger partial charge < -0.3 is 25.2 Å². The molecule has 7 rings (SSSR count). The molecule has 202 valence electrons. The molecule has 2 saturated heterocycles. The molecular weight excluding hydrogens is 456 g/mol. The highest BCUT2D eigenvalue weighted by atomic mass is 16.6. The third-order valence-electron chi connectivity index (χ3n) is 13.6. The van der Waals surface area contributed by atoms with Crippen molar-refractivity contribution in [3.63, 3.8) is 0 Å². The van der Waals surface area contributed by atoms with Gasteiger partial charge in [0.2, 0.25) is 0 Å². The summed E-state index contributed by atoms with van der Waals surface area (Å²) >= 11 is 0. The molecule has 10 atom stereocenters. The highest BCUT2D eigenvalue weighted by Gasteiger charge is 2.75. The van der Waals surface area contributed by atoms with E-state index in [1.54, 1.807) is 0 Å². The Hall–Kier alpha value is -0.950. The Bertz CT molecular complexity index is 1010. The maximum atomic E-state index is 12.8. The largest absolute Gasteiger partial charge is 0.481 e. The SMILES string of the molecule is CC1(C)CC(O)C2(C(=O)O)CCC3(C)C(=CCC4C56CCC(O)(OC5)C(C)(CO)C6CCC43C)C2C1. The zero-order chi connectivity index (χ0) is 26.2. The number of aliphatic hydroxyl groups excluding tert-OH is 2. The number of hydrogen-bond acceptors (Lipinski definition) is 5. The number of carbonyl (C=O) groups is 1. The van der Waals surface area contributed by atoms with E-state index in [1.165, 1.54) is 5.57 Å². The number of carboxylic acid groups (broad SMARTS) is 1. The number of rotatable bonds is 2. The molecule has 0 amide bonds. The topological polar surface area (TPSA) is 107 Å². The second-order valence-electron chi connectivity index (χ2n) is 15.2. The van der Waals surface area contributed by atoms with E-state index >= 15 is 0 Å². The van der Waals surface area contributed by atoms with E-state index < -0.39 is 28.7 Å². The normalized spacial score (nSPS) is 57.1. The number of aliphatic carboxylic acids is 1. The number of allylic oxidation sites excluding steroid dienone is 2. The van der Waals surface area contributed by atoms with Crippen molar-refractivity contribution in [1.29, 1.82) is 0 Å². The molecular formula is C30H46O6. The van der Waals surface area contributed by atoms with Crippen molar-refractivity contribution in [3.05, 3.63) is 11.6 Å². The Morgan fingerprint density at radius 1 is 1.03 bits per heavy atom. The van der Waals surface area contributed by atoms with Crippen LogP contribution in [0.15, 0.2) is 11.6 Å². The summed E-state index contributed by atoms with van der Waals surface area (Å²) < 4.78 is 6.23. The lowest BCUT2D eigenvalue weighted by Crippen LogP contribution is -2.74. The minimum absolute atomic E-state index is 0.0304. The Balaban J connectivity index is 1.47. The smallest absolute Gasteiger partial charge is 0.312 e. The zero-order valence-electron chi connectivity index (χ0n) is 22.8. The van der Waals surface area contributed by atoms with Gasteiger partial charge in [-0.3, -0.25) is 4.79 Å². The van der Waals surface area contributed by atoms with Gasteiger partial charge in [0.1, 0.15) is 5.41 Å². The average Bonchev–Trinajstić information content (AvgIpc) is 2.80. The summed E-state index contributed by atoms with van der Waals surface area (Å²) in [5, 5.41) is 43.7. The Morgan fingerprint density at radius 3 is 2.36 bits per heavy atom. The molecule has 5 aliphatic carbocycles. The second kappa shape index (κ2) is 7.16. The van der Waals surface area contributed by atoms with Gasteiger partial charge in [0.25, 0.3) is 0 Å². The lowest BCUT2D eigenvalue weighted by Gasteiger charge is -2.75. The fourth-order valence-corrected chi connectivity index (χ4v) is 11.3. The quantitative estimate of drug-likeness (QED) is 0.414. The highest BCUT2D eigenvalue weighted by molar-refractivity contribution is 5.77. The summed E-state index contributed by atoms with van der Waals surface area (Å²) in [6.07, 6.45) is 8.47. The van der Waals surface area contributed by atoms with Crippen LogP contribution in [-0.2, 0) is 9.53 Å². The van der Waals surface area contributed by atoms with Crippen LogP contribution in [0.1, 0.15) is 92.4 Å². The Kier molecular flexibility index (Phi) is 5.04.